The third-order valence-electron chi connectivity index (χ3n) is 6.00. The van der Waals surface area contributed by atoms with E-state index in [1.165, 1.54) is 4.90 Å². The largest absolute Gasteiger partial charge is 0.503 e. The number of fused-ring (bicyclic) bond motifs is 2. The molecule has 0 radical (unpaired) electrons. The molecule has 0 bridgehead atoms. The Labute approximate surface area is 197 Å². The standard InChI is InChI=1S/C25H21BrN2O5/c1-13-20(16-5-3-4-6-17(16)27-13)22-21(24(30)25(31)28(22)9-10-32-2)23(29)19-12-14-11-15(26)7-8-18(14)33-19/h3-8,11-12,22,27,30H,9-10H2,1-2H3. The van der Waals surface area contributed by atoms with E-state index in [0.29, 0.717) is 5.58 Å². The molecule has 3 heterocycles. The Morgan fingerprint density at radius 1 is 1.24 bits per heavy atom. The second-order valence-electron chi connectivity index (χ2n) is 7.99. The summed E-state index contributed by atoms with van der Waals surface area (Å²) in [5.74, 6) is -1.63. The number of carbonyl (C=O) groups excluding carboxylic acids is 2. The van der Waals surface area contributed by atoms with Crippen molar-refractivity contribution in [1.82, 2.24) is 9.88 Å². The molecule has 2 aromatic carbocycles. The molecule has 8 heteroatoms. The van der Waals surface area contributed by atoms with Crippen LogP contribution in [0.2, 0.25) is 0 Å². The molecule has 168 valence electrons. The highest BCUT2D eigenvalue weighted by Crippen LogP contribution is 2.43. The maximum atomic E-state index is 13.7. The third kappa shape index (κ3) is 3.46. The Kier molecular flexibility index (Phi) is 5.34. The van der Waals surface area contributed by atoms with Crippen LogP contribution >= 0.6 is 15.9 Å². The first-order chi connectivity index (χ1) is 15.9. The van der Waals surface area contributed by atoms with E-state index in [2.05, 4.69) is 20.9 Å². The van der Waals surface area contributed by atoms with Crippen molar-refractivity contribution < 1.29 is 23.8 Å². The second kappa shape index (κ2) is 8.20. The van der Waals surface area contributed by atoms with E-state index < -0.39 is 23.5 Å². The molecule has 2 aromatic heterocycles. The van der Waals surface area contributed by atoms with Gasteiger partial charge in [-0.2, -0.15) is 0 Å². The maximum absolute atomic E-state index is 13.7. The van der Waals surface area contributed by atoms with Crippen LogP contribution in [0.4, 0.5) is 0 Å². The molecule has 0 fully saturated rings. The summed E-state index contributed by atoms with van der Waals surface area (Å²) in [6.07, 6.45) is 0. The van der Waals surface area contributed by atoms with Crippen molar-refractivity contribution in [2.24, 2.45) is 0 Å². The SMILES string of the molecule is COCCN1C(=O)C(O)=C(C(=O)c2cc3cc(Br)ccc3o2)C1c1c(C)[nH]c2ccccc12. The van der Waals surface area contributed by atoms with Gasteiger partial charge in [0.15, 0.2) is 11.5 Å². The molecule has 1 aliphatic heterocycles. The van der Waals surface area contributed by atoms with Crippen LogP contribution in [0, 0.1) is 6.92 Å². The van der Waals surface area contributed by atoms with E-state index in [0.717, 1.165) is 32.0 Å². The first kappa shape index (κ1) is 21.5. The number of methoxy groups -OCH3 is 1. The molecule has 5 rings (SSSR count). The summed E-state index contributed by atoms with van der Waals surface area (Å²) in [5, 5.41) is 12.5. The minimum Gasteiger partial charge on any atom is -0.503 e. The number of para-hydroxylation sites is 1. The van der Waals surface area contributed by atoms with Crippen molar-refractivity contribution in [3.8, 4) is 0 Å². The van der Waals surface area contributed by atoms with Gasteiger partial charge in [-0.3, -0.25) is 9.59 Å². The van der Waals surface area contributed by atoms with Crippen molar-refractivity contribution in [3.05, 3.63) is 81.4 Å². The summed E-state index contributed by atoms with van der Waals surface area (Å²) >= 11 is 3.42. The number of amides is 1. The van der Waals surface area contributed by atoms with Gasteiger partial charge in [-0.1, -0.05) is 34.1 Å². The fourth-order valence-corrected chi connectivity index (χ4v) is 4.89. The average molecular weight is 509 g/mol. The summed E-state index contributed by atoms with van der Waals surface area (Å²) in [6, 6.07) is 14.0. The van der Waals surface area contributed by atoms with E-state index in [4.69, 9.17) is 9.15 Å². The topological polar surface area (TPSA) is 95.8 Å². The minimum atomic E-state index is -0.781. The smallest absolute Gasteiger partial charge is 0.290 e. The molecule has 1 atom stereocenters. The monoisotopic (exact) mass is 508 g/mol. The van der Waals surface area contributed by atoms with Crippen LogP contribution in [-0.4, -0.2) is 46.9 Å². The summed E-state index contributed by atoms with van der Waals surface area (Å²) in [5.41, 5.74) is 3.01. The second-order valence-corrected chi connectivity index (χ2v) is 8.90. The first-order valence-corrected chi connectivity index (χ1v) is 11.2. The Bertz CT molecular complexity index is 1450. The number of furan rings is 1. The average Bonchev–Trinajstić information content (AvgIpc) is 3.43. The number of aliphatic hydroxyl groups is 1. The third-order valence-corrected chi connectivity index (χ3v) is 6.50. The zero-order valence-corrected chi connectivity index (χ0v) is 19.6. The summed E-state index contributed by atoms with van der Waals surface area (Å²) in [4.78, 5) is 31.6. The van der Waals surface area contributed by atoms with Crippen molar-refractivity contribution >= 4 is 49.5 Å². The highest BCUT2D eigenvalue weighted by atomic mass is 79.9. The summed E-state index contributed by atoms with van der Waals surface area (Å²) in [6.45, 7) is 2.37. The number of ether oxygens (including phenoxy) is 1. The molecule has 0 spiro atoms. The lowest BCUT2D eigenvalue weighted by atomic mass is 9.93. The molecule has 33 heavy (non-hydrogen) atoms. The van der Waals surface area contributed by atoms with Crippen LogP contribution < -0.4 is 0 Å². The zero-order valence-electron chi connectivity index (χ0n) is 18.0. The Hall–Kier alpha value is -3.36. The number of halogens is 1. The fraction of sp³-hybridized carbons (Fsp3) is 0.200. The van der Waals surface area contributed by atoms with E-state index in [1.54, 1.807) is 19.2 Å². The number of H-pyrrole nitrogens is 1. The number of aromatic nitrogens is 1. The summed E-state index contributed by atoms with van der Waals surface area (Å²) < 4.78 is 11.8. The number of benzene rings is 2. The first-order valence-electron chi connectivity index (χ1n) is 10.4. The molecule has 1 unspecified atom stereocenters. The van der Waals surface area contributed by atoms with Crippen molar-refractivity contribution in [1.29, 1.82) is 0 Å². The van der Waals surface area contributed by atoms with Gasteiger partial charge >= 0.3 is 0 Å². The van der Waals surface area contributed by atoms with Gasteiger partial charge in [0.25, 0.3) is 5.91 Å². The van der Waals surface area contributed by atoms with Gasteiger partial charge in [0.1, 0.15) is 5.58 Å². The van der Waals surface area contributed by atoms with Gasteiger partial charge < -0.3 is 24.1 Å². The molecular formula is C25H21BrN2O5. The van der Waals surface area contributed by atoms with E-state index in [1.807, 2.05) is 43.3 Å². The van der Waals surface area contributed by atoms with Crippen LogP contribution in [0.25, 0.3) is 21.9 Å². The zero-order chi connectivity index (χ0) is 23.3. The van der Waals surface area contributed by atoms with Crippen LogP contribution in [0.15, 0.2) is 68.8 Å². The number of carbonyl (C=O) groups is 2. The Balaban J connectivity index is 1.68. The highest BCUT2D eigenvalue weighted by molar-refractivity contribution is 9.10. The maximum Gasteiger partial charge on any atom is 0.290 e. The van der Waals surface area contributed by atoms with Crippen molar-refractivity contribution in [2.75, 3.05) is 20.3 Å². The number of nitrogens with one attached hydrogen (secondary N) is 1. The summed E-state index contributed by atoms with van der Waals surface area (Å²) in [7, 11) is 1.54. The molecule has 4 aromatic rings. The molecule has 1 aliphatic rings. The number of hydrogen-bond acceptors (Lipinski definition) is 5. The number of rotatable bonds is 6. The predicted octanol–water partition coefficient (Wildman–Crippen LogP) is 5.21. The molecule has 0 saturated heterocycles. The molecule has 2 N–H and O–H groups in total. The lowest BCUT2D eigenvalue weighted by Crippen LogP contribution is -2.34. The van der Waals surface area contributed by atoms with Crippen molar-refractivity contribution in [2.45, 2.75) is 13.0 Å². The molecule has 1 amide bonds. The molecular weight excluding hydrogens is 488 g/mol. The van der Waals surface area contributed by atoms with Crippen LogP contribution in [0.1, 0.15) is 27.9 Å². The lowest BCUT2D eigenvalue weighted by Gasteiger charge is -2.26. The number of aryl methyl sites for hydroxylation is 1. The number of aliphatic hydroxyl groups excluding tert-OH is 1. The lowest BCUT2D eigenvalue weighted by molar-refractivity contribution is -0.130. The van der Waals surface area contributed by atoms with Gasteiger partial charge in [0.2, 0.25) is 5.78 Å². The minimum absolute atomic E-state index is 0.00192. The predicted molar refractivity (Wildman–Crippen MR) is 127 cm³/mol. The van der Waals surface area contributed by atoms with Gasteiger partial charge in [0, 0.05) is 45.7 Å². The fourth-order valence-electron chi connectivity index (χ4n) is 4.52. The number of Topliss-reactive ketones (excluding diaryl/α,β-unsaturated/α-hetero) is 1. The number of hydrogen-bond donors (Lipinski definition) is 2. The van der Waals surface area contributed by atoms with E-state index in [9.17, 15) is 14.7 Å². The number of aromatic amines is 1. The van der Waals surface area contributed by atoms with E-state index >= 15 is 0 Å². The van der Waals surface area contributed by atoms with Gasteiger partial charge in [-0.15, -0.1) is 0 Å². The molecule has 0 saturated carbocycles. The van der Waals surface area contributed by atoms with Crippen LogP contribution in [-0.2, 0) is 9.53 Å². The Morgan fingerprint density at radius 2 is 2.03 bits per heavy atom. The number of nitrogens with zero attached hydrogens (tertiary/aromatic N) is 1. The Morgan fingerprint density at radius 3 is 2.82 bits per heavy atom. The molecule has 7 nitrogen and oxygen atoms in total. The van der Waals surface area contributed by atoms with E-state index in [-0.39, 0.29) is 24.5 Å². The van der Waals surface area contributed by atoms with Crippen LogP contribution in [0.3, 0.4) is 0 Å². The van der Waals surface area contributed by atoms with Gasteiger partial charge in [0.05, 0.1) is 18.2 Å². The highest BCUT2D eigenvalue weighted by Gasteiger charge is 2.45. The quantitative estimate of drug-likeness (QED) is 0.348. The number of ketones is 1. The van der Waals surface area contributed by atoms with Crippen LogP contribution in [0.5, 0.6) is 0 Å². The molecule has 0 aliphatic carbocycles. The van der Waals surface area contributed by atoms with Gasteiger partial charge in [-0.05, 0) is 37.3 Å². The van der Waals surface area contributed by atoms with Crippen molar-refractivity contribution in [3.63, 3.8) is 0 Å². The van der Waals surface area contributed by atoms with Gasteiger partial charge in [-0.25, -0.2) is 0 Å². The normalized spacial score (nSPS) is 16.5.